The highest BCUT2D eigenvalue weighted by molar-refractivity contribution is 5.84. The van der Waals surface area contributed by atoms with E-state index in [1.807, 2.05) is 30.3 Å². The first-order chi connectivity index (χ1) is 10.1. The Morgan fingerprint density at radius 2 is 2.05 bits per heavy atom. The van der Waals surface area contributed by atoms with Crippen LogP contribution in [0.25, 0.3) is 0 Å². The van der Waals surface area contributed by atoms with Gasteiger partial charge in [-0.1, -0.05) is 30.3 Å². The van der Waals surface area contributed by atoms with Crippen LogP contribution < -0.4 is 5.73 Å². The summed E-state index contributed by atoms with van der Waals surface area (Å²) >= 11 is 0. The van der Waals surface area contributed by atoms with Gasteiger partial charge in [0.1, 0.15) is 6.54 Å². The fourth-order valence-corrected chi connectivity index (χ4v) is 2.30. The minimum absolute atomic E-state index is 0.0898. The molecule has 6 nitrogen and oxygen atoms in total. The fraction of sp³-hybridized carbons (Fsp3) is 0.467. The molecule has 1 aromatic carbocycles. The number of hydrogen-bond donors (Lipinski definition) is 1. The van der Waals surface area contributed by atoms with Crippen LogP contribution in [0.1, 0.15) is 5.56 Å². The molecule has 1 saturated heterocycles. The first-order valence-corrected chi connectivity index (χ1v) is 6.84. The molecule has 2 atom stereocenters. The first-order valence-electron chi connectivity index (χ1n) is 6.84. The Morgan fingerprint density at radius 1 is 1.33 bits per heavy atom. The monoisotopic (exact) mass is 292 g/mol. The summed E-state index contributed by atoms with van der Waals surface area (Å²) in [4.78, 5) is 25.6. The van der Waals surface area contributed by atoms with Gasteiger partial charge in [-0.15, -0.1) is 0 Å². The van der Waals surface area contributed by atoms with Crippen LogP contribution in [-0.2, 0) is 25.6 Å². The van der Waals surface area contributed by atoms with E-state index in [0.29, 0.717) is 19.8 Å². The number of methoxy groups -OCH3 is 1. The molecule has 1 fully saturated rings. The summed E-state index contributed by atoms with van der Waals surface area (Å²) in [6.45, 7) is 0.922. The lowest BCUT2D eigenvalue weighted by Gasteiger charge is -2.25. The van der Waals surface area contributed by atoms with Gasteiger partial charge in [-0.05, 0) is 5.56 Å². The van der Waals surface area contributed by atoms with E-state index in [1.54, 1.807) is 0 Å². The molecule has 21 heavy (non-hydrogen) atoms. The molecule has 0 saturated carbocycles. The maximum Gasteiger partial charge on any atom is 0.325 e. The third kappa shape index (κ3) is 4.03. The number of carbonyl (C=O) groups excluding carboxylic acids is 2. The molecule has 0 aromatic heterocycles. The number of nitrogens with two attached hydrogens (primary N) is 1. The average Bonchev–Trinajstić information content (AvgIpc) is 2.93. The van der Waals surface area contributed by atoms with Crippen LogP contribution in [0.3, 0.4) is 0 Å². The molecule has 0 radical (unpaired) electrons. The quantitative estimate of drug-likeness (QED) is 0.782. The van der Waals surface area contributed by atoms with Gasteiger partial charge in [0.15, 0.2) is 0 Å². The van der Waals surface area contributed by atoms with Crippen molar-refractivity contribution in [2.24, 2.45) is 11.7 Å². The molecule has 1 heterocycles. The maximum absolute atomic E-state index is 12.6. The Labute approximate surface area is 123 Å². The number of amides is 1. The van der Waals surface area contributed by atoms with E-state index in [2.05, 4.69) is 4.74 Å². The van der Waals surface area contributed by atoms with E-state index in [1.165, 1.54) is 12.0 Å². The molecule has 0 bridgehead atoms. The van der Waals surface area contributed by atoms with Gasteiger partial charge in [-0.3, -0.25) is 9.59 Å². The molecule has 1 aliphatic heterocycles. The van der Waals surface area contributed by atoms with E-state index >= 15 is 0 Å². The summed E-state index contributed by atoms with van der Waals surface area (Å²) in [7, 11) is 1.30. The van der Waals surface area contributed by atoms with E-state index < -0.39 is 11.9 Å². The number of hydrogen-bond acceptors (Lipinski definition) is 5. The van der Waals surface area contributed by atoms with E-state index in [-0.39, 0.29) is 18.5 Å². The van der Waals surface area contributed by atoms with Crippen molar-refractivity contribution in [2.75, 3.05) is 26.9 Å². The lowest BCUT2D eigenvalue weighted by atomic mass is 10.0. The number of esters is 1. The molecule has 2 N–H and O–H groups in total. The van der Waals surface area contributed by atoms with Gasteiger partial charge in [0.2, 0.25) is 5.91 Å². The van der Waals surface area contributed by atoms with Crippen molar-refractivity contribution in [1.29, 1.82) is 0 Å². The van der Waals surface area contributed by atoms with Crippen LogP contribution >= 0.6 is 0 Å². The van der Waals surface area contributed by atoms with Crippen molar-refractivity contribution >= 4 is 11.9 Å². The highest BCUT2D eigenvalue weighted by atomic mass is 16.5. The zero-order valence-electron chi connectivity index (χ0n) is 12.0. The molecular formula is C15H20N2O4. The Bertz CT molecular complexity index is 492. The third-order valence-electron chi connectivity index (χ3n) is 3.52. The lowest BCUT2D eigenvalue weighted by Crippen LogP contribution is -2.45. The zero-order valence-corrected chi connectivity index (χ0v) is 12.0. The van der Waals surface area contributed by atoms with Crippen LogP contribution in [-0.4, -0.2) is 49.7 Å². The average molecular weight is 292 g/mol. The predicted octanol–water partition coefficient (Wildman–Crippen LogP) is 0.162. The van der Waals surface area contributed by atoms with Crippen molar-refractivity contribution < 1.29 is 19.1 Å². The summed E-state index contributed by atoms with van der Waals surface area (Å²) in [6, 6.07) is 9.16. The van der Waals surface area contributed by atoms with Gasteiger partial charge >= 0.3 is 5.97 Å². The second-order valence-corrected chi connectivity index (χ2v) is 5.06. The van der Waals surface area contributed by atoms with Crippen molar-refractivity contribution in [2.45, 2.75) is 12.6 Å². The number of nitrogens with zero attached hydrogens (tertiary/aromatic N) is 1. The molecule has 1 amide bonds. The number of rotatable bonds is 5. The predicted molar refractivity (Wildman–Crippen MR) is 76.2 cm³/mol. The first kappa shape index (κ1) is 15.5. The molecule has 114 valence electrons. The second kappa shape index (κ2) is 7.19. The van der Waals surface area contributed by atoms with Gasteiger partial charge < -0.3 is 20.1 Å². The fourth-order valence-electron chi connectivity index (χ4n) is 2.30. The van der Waals surface area contributed by atoms with Crippen LogP contribution in [0.5, 0.6) is 0 Å². The van der Waals surface area contributed by atoms with Crippen LogP contribution in [0, 0.1) is 5.92 Å². The largest absolute Gasteiger partial charge is 0.468 e. The number of carbonyl (C=O) groups is 2. The van der Waals surface area contributed by atoms with E-state index in [4.69, 9.17) is 10.5 Å². The summed E-state index contributed by atoms with van der Waals surface area (Å²) < 4.78 is 9.90. The zero-order chi connectivity index (χ0) is 15.2. The lowest BCUT2D eigenvalue weighted by molar-refractivity contribution is -0.149. The Balaban J connectivity index is 2.11. The Kier molecular flexibility index (Phi) is 5.30. The number of ether oxygens (including phenoxy) is 2. The van der Waals surface area contributed by atoms with Gasteiger partial charge in [0.05, 0.1) is 26.2 Å². The third-order valence-corrected chi connectivity index (χ3v) is 3.52. The topological polar surface area (TPSA) is 81.9 Å². The smallest absolute Gasteiger partial charge is 0.325 e. The minimum atomic E-state index is -0.452. The van der Waals surface area contributed by atoms with Crippen molar-refractivity contribution in [3.05, 3.63) is 35.9 Å². The summed E-state index contributed by atoms with van der Waals surface area (Å²) in [6.07, 6.45) is 0. The molecule has 2 unspecified atom stereocenters. The highest BCUT2D eigenvalue weighted by Gasteiger charge is 2.35. The van der Waals surface area contributed by atoms with Crippen molar-refractivity contribution in [1.82, 2.24) is 4.90 Å². The SMILES string of the molecule is COC(=O)CN(Cc1ccccc1)C(=O)C1COCC1N. The second-order valence-electron chi connectivity index (χ2n) is 5.06. The van der Waals surface area contributed by atoms with E-state index in [0.717, 1.165) is 5.56 Å². The van der Waals surface area contributed by atoms with Gasteiger partial charge in [0.25, 0.3) is 0 Å². The van der Waals surface area contributed by atoms with Crippen LogP contribution in [0.4, 0.5) is 0 Å². The van der Waals surface area contributed by atoms with Crippen LogP contribution in [0.15, 0.2) is 30.3 Å². The van der Waals surface area contributed by atoms with Crippen molar-refractivity contribution in [3.63, 3.8) is 0 Å². The molecule has 1 aromatic rings. The molecule has 1 aliphatic rings. The van der Waals surface area contributed by atoms with Crippen LogP contribution in [0.2, 0.25) is 0 Å². The molecule has 6 heteroatoms. The molecule has 0 spiro atoms. The van der Waals surface area contributed by atoms with Gasteiger partial charge in [-0.25, -0.2) is 0 Å². The summed E-state index contributed by atoms with van der Waals surface area (Å²) in [5, 5.41) is 0. The Hall–Kier alpha value is -1.92. The molecule has 2 rings (SSSR count). The van der Waals surface area contributed by atoms with Gasteiger partial charge in [-0.2, -0.15) is 0 Å². The Morgan fingerprint density at radius 3 is 2.62 bits per heavy atom. The normalized spacial score (nSPS) is 21.0. The summed E-state index contributed by atoms with van der Waals surface area (Å²) in [5.74, 6) is -1.03. The molecular weight excluding hydrogens is 272 g/mol. The highest BCUT2D eigenvalue weighted by Crippen LogP contribution is 2.17. The number of benzene rings is 1. The van der Waals surface area contributed by atoms with E-state index in [9.17, 15) is 9.59 Å². The van der Waals surface area contributed by atoms with Crippen molar-refractivity contribution in [3.8, 4) is 0 Å². The van der Waals surface area contributed by atoms with Gasteiger partial charge in [0, 0.05) is 12.6 Å². The molecule has 0 aliphatic carbocycles. The minimum Gasteiger partial charge on any atom is -0.468 e. The standard InChI is InChI=1S/C15H20N2O4/c1-20-14(18)8-17(7-11-5-3-2-4-6-11)15(19)12-9-21-10-13(12)16/h2-6,12-13H,7-10,16H2,1H3. The maximum atomic E-state index is 12.6. The summed E-state index contributed by atoms with van der Waals surface area (Å²) in [5.41, 5.74) is 6.83.